The molecule has 0 atom stereocenters. The molecule has 0 aromatic rings. The minimum atomic E-state index is 0.298. The van der Waals surface area contributed by atoms with Crippen molar-refractivity contribution in [2.24, 2.45) is 17.8 Å². The van der Waals surface area contributed by atoms with Gasteiger partial charge in [-0.05, 0) is 37.5 Å². The van der Waals surface area contributed by atoms with Crippen molar-refractivity contribution in [3.05, 3.63) is 0 Å². The van der Waals surface area contributed by atoms with Gasteiger partial charge in [0.25, 0.3) is 0 Å². The summed E-state index contributed by atoms with van der Waals surface area (Å²) in [5.74, 6) is 2.04. The highest BCUT2D eigenvalue weighted by atomic mass is 16.1. The van der Waals surface area contributed by atoms with E-state index in [0.717, 1.165) is 25.3 Å². The summed E-state index contributed by atoms with van der Waals surface area (Å²) >= 11 is 0. The van der Waals surface area contributed by atoms with Gasteiger partial charge in [0.15, 0.2) is 0 Å². The van der Waals surface area contributed by atoms with E-state index in [9.17, 15) is 4.79 Å². The summed E-state index contributed by atoms with van der Waals surface area (Å²) < 4.78 is 0. The highest BCUT2D eigenvalue weighted by Crippen LogP contribution is 2.31. The van der Waals surface area contributed by atoms with E-state index in [1.807, 2.05) is 0 Å². The van der Waals surface area contributed by atoms with Crippen LogP contribution in [-0.2, 0) is 4.79 Å². The lowest BCUT2D eigenvalue weighted by molar-refractivity contribution is -0.126. The third kappa shape index (κ3) is 5.56. The predicted octanol–water partition coefficient (Wildman–Crippen LogP) is 3.76. The molecule has 0 aromatic carbocycles. The summed E-state index contributed by atoms with van der Waals surface area (Å²) in [4.78, 5) is 11.9. The van der Waals surface area contributed by atoms with Crippen LogP contribution < -0.4 is 5.32 Å². The first kappa shape index (κ1) is 14.5. The van der Waals surface area contributed by atoms with E-state index in [0.29, 0.717) is 17.7 Å². The van der Waals surface area contributed by atoms with Crippen LogP contribution in [0.4, 0.5) is 0 Å². The van der Waals surface area contributed by atoms with Crippen LogP contribution in [0.15, 0.2) is 0 Å². The number of nitrogens with one attached hydrogen (secondary N) is 1. The van der Waals surface area contributed by atoms with Gasteiger partial charge in [-0.3, -0.25) is 4.79 Å². The number of hydrogen-bond donors (Lipinski definition) is 1. The minimum Gasteiger partial charge on any atom is -0.356 e. The number of carbonyl (C=O) groups is 1. The van der Waals surface area contributed by atoms with Gasteiger partial charge in [-0.2, -0.15) is 0 Å². The molecule has 1 fully saturated rings. The monoisotopic (exact) mass is 239 g/mol. The fourth-order valence-electron chi connectivity index (χ4n) is 2.66. The number of unbranched alkanes of at least 4 members (excludes halogenated alkanes) is 1. The maximum atomic E-state index is 11.9. The van der Waals surface area contributed by atoms with Gasteiger partial charge in [-0.15, -0.1) is 0 Å². The standard InChI is InChI=1S/C15H29NO/c1-4-5-6-13-7-9-14(10-8-13)15(17)16-11-12(2)3/h12-14H,4-11H2,1-3H3,(H,16,17). The van der Waals surface area contributed by atoms with Crippen molar-refractivity contribution >= 4 is 5.91 Å². The molecule has 2 nitrogen and oxygen atoms in total. The van der Waals surface area contributed by atoms with Gasteiger partial charge in [0, 0.05) is 12.5 Å². The Labute approximate surface area is 107 Å². The molecule has 0 aliphatic heterocycles. The molecule has 0 radical (unpaired) electrons. The molecule has 0 bridgehead atoms. The largest absolute Gasteiger partial charge is 0.356 e. The summed E-state index contributed by atoms with van der Waals surface area (Å²) in [6.45, 7) is 7.36. The van der Waals surface area contributed by atoms with Gasteiger partial charge in [-0.1, -0.05) is 40.0 Å². The van der Waals surface area contributed by atoms with Crippen LogP contribution in [0.5, 0.6) is 0 Å². The van der Waals surface area contributed by atoms with E-state index in [1.165, 1.54) is 32.1 Å². The number of hydrogen-bond acceptors (Lipinski definition) is 1. The molecule has 0 saturated heterocycles. The molecule has 1 amide bonds. The Balaban J connectivity index is 2.19. The lowest BCUT2D eigenvalue weighted by Crippen LogP contribution is -2.35. The van der Waals surface area contributed by atoms with Crippen LogP contribution >= 0.6 is 0 Å². The molecule has 2 heteroatoms. The Bertz CT molecular complexity index is 217. The van der Waals surface area contributed by atoms with Gasteiger partial charge in [0.1, 0.15) is 0 Å². The van der Waals surface area contributed by atoms with Crippen molar-refractivity contribution in [2.75, 3.05) is 6.54 Å². The normalized spacial score (nSPS) is 24.9. The highest BCUT2D eigenvalue weighted by Gasteiger charge is 2.25. The molecule has 1 aliphatic carbocycles. The molecule has 0 heterocycles. The second-order valence-corrected chi connectivity index (χ2v) is 6.00. The summed E-state index contributed by atoms with van der Waals surface area (Å²) in [7, 11) is 0. The Morgan fingerprint density at radius 1 is 1.24 bits per heavy atom. The van der Waals surface area contributed by atoms with Gasteiger partial charge in [0.05, 0.1) is 0 Å². The summed E-state index contributed by atoms with van der Waals surface area (Å²) in [6, 6.07) is 0. The first-order chi connectivity index (χ1) is 8.13. The van der Waals surface area contributed by atoms with Crippen molar-refractivity contribution in [3.8, 4) is 0 Å². The van der Waals surface area contributed by atoms with Crippen molar-refractivity contribution in [3.63, 3.8) is 0 Å². The van der Waals surface area contributed by atoms with E-state index in [1.54, 1.807) is 0 Å². The SMILES string of the molecule is CCCCC1CCC(C(=O)NCC(C)C)CC1. The van der Waals surface area contributed by atoms with E-state index in [-0.39, 0.29) is 0 Å². The van der Waals surface area contributed by atoms with Gasteiger partial charge in [0.2, 0.25) is 5.91 Å². The first-order valence-electron chi connectivity index (χ1n) is 7.41. The summed E-state index contributed by atoms with van der Waals surface area (Å²) in [6.07, 6.45) is 8.77. The zero-order chi connectivity index (χ0) is 12.7. The second kappa shape index (κ2) is 7.73. The molecule has 1 rings (SSSR count). The lowest BCUT2D eigenvalue weighted by atomic mass is 9.79. The lowest BCUT2D eigenvalue weighted by Gasteiger charge is -2.27. The van der Waals surface area contributed by atoms with E-state index in [2.05, 4.69) is 26.1 Å². The maximum absolute atomic E-state index is 11.9. The first-order valence-corrected chi connectivity index (χ1v) is 7.41. The molecule has 100 valence electrons. The number of carbonyl (C=O) groups excluding carboxylic acids is 1. The van der Waals surface area contributed by atoms with Crippen LogP contribution in [0.1, 0.15) is 65.7 Å². The third-order valence-electron chi connectivity index (χ3n) is 3.87. The minimum absolute atomic E-state index is 0.298. The van der Waals surface area contributed by atoms with Crippen LogP contribution in [0.25, 0.3) is 0 Å². The van der Waals surface area contributed by atoms with Crippen LogP contribution in [0, 0.1) is 17.8 Å². The molecule has 17 heavy (non-hydrogen) atoms. The third-order valence-corrected chi connectivity index (χ3v) is 3.87. The van der Waals surface area contributed by atoms with E-state index >= 15 is 0 Å². The predicted molar refractivity (Wildman–Crippen MR) is 72.8 cm³/mol. The maximum Gasteiger partial charge on any atom is 0.223 e. The summed E-state index contributed by atoms with van der Waals surface area (Å²) in [5.41, 5.74) is 0. The Kier molecular flexibility index (Phi) is 6.61. The highest BCUT2D eigenvalue weighted by molar-refractivity contribution is 5.78. The van der Waals surface area contributed by atoms with Crippen LogP contribution in [-0.4, -0.2) is 12.5 Å². The zero-order valence-corrected chi connectivity index (χ0v) is 11.8. The van der Waals surface area contributed by atoms with Crippen LogP contribution in [0.2, 0.25) is 0 Å². The Hall–Kier alpha value is -0.530. The van der Waals surface area contributed by atoms with Gasteiger partial charge < -0.3 is 5.32 Å². The zero-order valence-electron chi connectivity index (χ0n) is 11.8. The average Bonchev–Trinajstić information content (AvgIpc) is 2.34. The summed E-state index contributed by atoms with van der Waals surface area (Å²) in [5, 5.41) is 3.07. The van der Waals surface area contributed by atoms with E-state index in [4.69, 9.17) is 0 Å². The molecule has 0 aromatic heterocycles. The fraction of sp³-hybridized carbons (Fsp3) is 0.933. The number of rotatable bonds is 6. The van der Waals surface area contributed by atoms with Crippen LogP contribution in [0.3, 0.4) is 0 Å². The Morgan fingerprint density at radius 3 is 2.41 bits per heavy atom. The molecule has 1 N–H and O–H groups in total. The van der Waals surface area contributed by atoms with Gasteiger partial charge in [-0.25, -0.2) is 0 Å². The number of amides is 1. The molecule has 0 unspecified atom stereocenters. The quantitative estimate of drug-likeness (QED) is 0.751. The topological polar surface area (TPSA) is 29.1 Å². The van der Waals surface area contributed by atoms with E-state index < -0.39 is 0 Å². The fourth-order valence-corrected chi connectivity index (χ4v) is 2.66. The van der Waals surface area contributed by atoms with Crippen molar-refractivity contribution in [2.45, 2.75) is 65.7 Å². The molecule has 1 aliphatic rings. The average molecular weight is 239 g/mol. The van der Waals surface area contributed by atoms with Crippen molar-refractivity contribution < 1.29 is 4.79 Å². The smallest absolute Gasteiger partial charge is 0.223 e. The molecular weight excluding hydrogens is 210 g/mol. The molecule has 1 saturated carbocycles. The van der Waals surface area contributed by atoms with Gasteiger partial charge >= 0.3 is 0 Å². The van der Waals surface area contributed by atoms with Crippen molar-refractivity contribution in [1.82, 2.24) is 5.32 Å². The second-order valence-electron chi connectivity index (χ2n) is 6.00. The molecular formula is C15H29NO. The molecule has 0 spiro atoms. The Morgan fingerprint density at radius 2 is 1.88 bits per heavy atom. The van der Waals surface area contributed by atoms with Crippen molar-refractivity contribution in [1.29, 1.82) is 0 Å².